The van der Waals surface area contributed by atoms with E-state index in [1.807, 2.05) is 6.07 Å². The van der Waals surface area contributed by atoms with Gasteiger partial charge < -0.3 is 4.90 Å². The SMILES string of the molecule is CC1(C)CC(=O)C2=C(C1)N1CCc3ccccc3C1CC2=O. The van der Waals surface area contributed by atoms with E-state index in [0.717, 1.165) is 25.1 Å². The molecule has 22 heavy (non-hydrogen) atoms. The average Bonchev–Trinajstić information content (AvgIpc) is 2.45. The molecule has 0 radical (unpaired) electrons. The normalized spacial score (nSPS) is 26.5. The van der Waals surface area contributed by atoms with E-state index in [0.29, 0.717) is 18.4 Å². The van der Waals surface area contributed by atoms with E-state index in [9.17, 15) is 9.59 Å². The van der Waals surface area contributed by atoms with Crippen LogP contribution in [0.3, 0.4) is 0 Å². The van der Waals surface area contributed by atoms with Gasteiger partial charge in [0, 0.05) is 25.1 Å². The van der Waals surface area contributed by atoms with Crippen LogP contribution in [-0.4, -0.2) is 23.0 Å². The Kier molecular flexibility index (Phi) is 2.84. The van der Waals surface area contributed by atoms with E-state index < -0.39 is 0 Å². The van der Waals surface area contributed by atoms with Gasteiger partial charge >= 0.3 is 0 Å². The summed E-state index contributed by atoms with van der Waals surface area (Å²) in [6.45, 7) is 5.17. The molecule has 0 amide bonds. The van der Waals surface area contributed by atoms with E-state index in [2.05, 4.69) is 36.9 Å². The molecule has 4 rings (SSSR count). The van der Waals surface area contributed by atoms with Gasteiger partial charge in [0.2, 0.25) is 0 Å². The van der Waals surface area contributed by atoms with Gasteiger partial charge in [0.25, 0.3) is 0 Å². The smallest absolute Gasteiger partial charge is 0.170 e. The van der Waals surface area contributed by atoms with Gasteiger partial charge in [0.1, 0.15) is 0 Å². The number of allylic oxidation sites excluding steroid dienone is 2. The van der Waals surface area contributed by atoms with Crippen LogP contribution < -0.4 is 0 Å². The molecule has 0 bridgehead atoms. The molecule has 0 aromatic heterocycles. The molecule has 2 aliphatic heterocycles. The van der Waals surface area contributed by atoms with Gasteiger partial charge in [-0.25, -0.2) is 0 Å². The van der Waals surface area contributed by atoms with Crippen LogP contribution in [0.15, 0.2) is 35.5 Å². The molecule has 3 aliphatic rings. The van der Waals surface area contributed by atoms with Crippen molar-refractivity contribution in [3.05, 3.63) is 46.7 Å². The largest absolute Gasteiger partial charge is 0.366 e. The van der Waals surface area contributed by atoms with Crippen molar-refractivity contribution in [2.24, 2.45) is 5.41 Å². The molecule has 3 nitrogen and oxygen atoms in total. The van der Waals surface area contributed by atoms with Gasteiger partial charge in [0.05, 0.1) is 11.6 Å². The molecule has 0 spiro atoms. The number of ketones is 2. The fraction of sp³-hybridized carbons (Fsp3) is 0.474. The van der Waals surface area contributed by atoms with Crippen LogP contribution in [0.25, 0.3) is 0 Å². The molecular weight excluding hydrogens is 274 g/mol. The molecule has 1 unspecified atom stereocenters. The van der Waals surface area contributed by atoms with Crippen LogP contribution >= 0.6 is 0 Å². The zero-order chi connectivity index (χ0) is 15.5. The van der Waals surface area contributed by atoms with Crippen LogP contribution in [0.4, 0.5) is 0 Å². The maximum atomic E-state index is 12.6. The summed E-state index contributed by atoms with van der Waals surface area (Å²) in [5.41, 5.74) is 4.09. The third kappa shape index (κ3) is 1.95. The number of hydrogen-bond acceptors (Lipinski definition) is 3. The van der Waals surface area contributed by atoms with Crippen LogP contribution in [0.2, 0.25) is 0 Å². The predicted octanol–water partition coefficient (Wildman–Crippen LogP) is 3.20. The summed E-state index contributed by atoms with van der Waals surface area (Å²) in [7, 11) is 0. The Morgan fingerprint density at radius 2 is 1.86 bits per heavy atom. The zero-order valence-corrected chi connectivity index (χ0v) is 13.2. The van der Waals surface area contributed by atoms with Crippen molar-refractivity contribution < 1.29 is 9.59 Å². The summed E-state index contributed by atoms with van der Waals surface area (Å²) in [6.07, 6.45) is 2.76. The molecule has 0 saturated heterocycles. The van der Waals surface area contributed by atoms with Crippen molar-refractivity contribution in [1.82, 2.24) is 4.90 Å². The molecule has 1 aliphatic carbocycles. The minimum atomic E-state index is -0.0466. The van der Waals surface area contributed by atoms with Gasteiger partial charge in [-0.3, -0.25) is 9.59 Å². The van der Waals surface area contributed by atoms with Gasteiger partial charge in [0.15, 0.2) is 11.6 Å². The first-order valence-electron chi connectivity index (χ1n) is 8.10. The van der Waals surface area contributed by atoms with E-state index in [-0.39, 0.29) is 23.0 Å². The van der Waals surface area contributed by atoms with Crippen molar-refractivity contribution in [1.29, 1.82) is 0 Å². The zero-order valence-electron chi connectivity index (χ0n) is 13.2. The lowest BCUT2D eigenvalue weighted by molar-refractivity contribution is -0.125. The van der Waals surface area contributed by atoms with Gasteiger partial charge in [-0.2, -0.15) is 0 Å². The molecule has 1 atom stereocenters. The molecule has 2 heterocycles. The number of carbonyl (C=O) groups is 2. The average molecular weight is 295 g/mol. The van der Waals surface area contributed by atoms with Crippen LogP contribution in [0.5, 0.6) is 0 Å². The lowest BCUT2D eigenvalue weighted by Gasteiger charge is -2.47. The Balaban J connectivity index is 1.83. The number of fused-ring (bicyclic) bond motifs is 4. The van der Waals surface area contributed by atoms with Gasteiger partial charge in [-0.1, -0.05) is 38.1 Å². The second-order valence-electron chi connectivity index (χ2n) is 7.55. The fourth-order valence-corrected chi connectivity index (χ4v) is 4.32. The number of nitrogens with zero attached hydrogens (tertiary/aromatic N) is 1. The third-order valence-electron chi connectivity index (χ3n) is 5.27. The van der Waals surface area contributed by atoms with Crippen molar-refractivity contribution in [2.45, 2.75) is 45.6 Å². The van der Waals surface area contributed by atoms with Crippen LogP contribution in [-0.2, 0) is 16.0 Å². The van der Waals surface area contributed by atoms with Gasteiger partial charge in [-0.15, -0.1) is 0 Å². The highest BCUT2D eigenvalue weighted by Gasteiger charge is 2.44. The number of rotatable bonds is 0. The minimum absolute atomic E-state index is 0.0466. The molecular formula is C19H21NO2. The second kappa shape index (κ2) is 4.55. The van der Waals surface area contributed by atoms with Crippen LogP contribution in [0.1, 0.15) is 50.3 Å². The second-order valence-corrected chi connectivity index (χ2v) is 7.55. The maximum absolute atomic E-state index is 12.6. The molecule has 0 fully saturated rings. The van der Waals surface area contributed by atoms with Crippen molar-refractivity contribution in [3.63, 3.8) is 0 Å². The molecule has 1 aromatic carbocycles. The Morgan fingerprint density at radius 1 is 1.09 bits per heavy atom. The Labute approximate surface area is 131 Å². The number of Topliss-reactive ketones (excluding diaryl/α,β-unsaturated/α-hetero) is 2. The first-order valence-corrected chi connectivity index (χ1v) is 8.10. The molecule has 1 aromatic rings. The van der Waals surface area contributed by atoms with Crippen molar-refractivity contribution in [3.8, 4) is 0 Å². The topological polar surface area (TPSA) is 37.4 Å². The highest BCUT2D eigenvalue weighted by Crippen LogP contribution is 2.47. The number of carbonyl (C=O) groups excluding carboxylic acids is 2. The molecule has 114 valence electrons. The molecule has 3 heteroatoms. The summed E-state index contributed by atoms with van der Waals surface area (Å²) < 4.78 is 0. The van der Waals surface area contributed by atoms with Crippen molar-refractivity contribution >= 4 is 11.6 Å². The predicted molar refractivity (Wildman–Crippen MR) is 84.3 cm³/mol. The Bertz CT molecular complexity index is 714. The summed E-state index contributed by atoms with van der Waals surface area (Å²) >= 11 is 0. The fourth-order valence-electron chi connectivity index (χ4n) is 4.32. The number of benzene rings is 1. The lowest BCUT2D eigenvalue weighted by Crippen LogP contribution is -2.45. The molecule has 0 N–H and O–H groups in total. The Hall–Kier alpha value is -1.90. The lowest BCUT2D eigenvalue weighted by atomic mass is 9.71. The quantitative estimate of drug-likeness (QED) is 0.690. The standard InChI is InChI=1S/C19H21NO2/c1-19(2)10-15-18(17(22)11-19)16(21)9-14-13-6-4-3-5-12(13)7-8-20(14)15/h3-6,14H,7-11H2,1-2H3. The van der Waals surface area contributed by atoms with E-state index in [1.165, 1.54) is 11.1 Å². The van der Waals surface area contributed by atoms with E-state index in [4.69, 9.17) is 0 Å². The minimum Gasteiger partial charge on any atom is -0.366 e. The Morgan fingerprint density at radius 3 is 2.68 bits per heavy atom. The molecule has 0 saturated carbocycles. The highest BCUT2D eigenvalue weighted by atomic mass is 16.1. The van der Waals surface area contributed by atoms with E-state index in [1.54, 1.807) is 0 Å². The van der Waals surface area contributed by atoms with Crippen LogP contribution in [0, 0.1) is 5.41 Å². The maximum Gasteiger partial charge on any atom is 0.170 e. The van der Waals surface area contributed by atoms with E-state index >= 15 is 0 Å². The number of hydrogen-bond donors (Lipinski definition) is 0. The summed E-state index contributed by atoms with van der Waals surface area (Å²) in [4.78, 5) is 27.4. The summed E-state index contributed by atoms with van der Waals surface area (Å²) in [6, 6.07) is 8.54. The monoisotopic (exact) mass is 295 g/mol. The first kappa shape index (κ1) is 13.7. The first-order chi connectivity index (χ1) is 10.5. The van der Waals surface area contributed by atoms with Crippen molar-refractivity contribution in [2.75, 3.05) is 6.54 Å². The van der Waals surface area contributed by atoms with Gasteiger partial charge in [-0.05, 0) is 29.4 Å². The summed E-state index contributed by atoms with van der Waals surface area (Å²) in [5.74, 6) is 0.0991. The third-order valence-corrected chi connectivity index (χ3v) is 5.27. The summed E-state index contributed by atoms with van der Waals surface area (Å²) in [5, 5.41) is 0. The highest BCUT2D eigenvalue weighted by molar-refractivity contribution is 6.22.